The molecule has 0 aliphatic rings. The van der Waals surface area contributed by atoms with E-state index >= 15 is 0 Å². The van der Waals surface area contributed by atoms with E-state index in [-0.39, 0.29) is 11.6 Å². The first kappa shape index (κ1) is 14.4. The van der Waals surface area contributed by atoms with E-state index in [1.54, 1.807) is 0 Å². The Balaban J connectivity index is 2.49. The van der Waals surface area contributed by atoms with Gasteiger partial charge in [-0.1, -0.05) is 11.6 Å². The Morgan fingerprint density at radius 1 is 1.50 bits per heavy atom. The van der Waals surface area contributed by atoms with Crippen molar-refractivity contribution in [3.8, 4) is 0 Å². The van der Waals surface area contributed by atoms with Crippen molar-refractivity contribution in [1.29, 1.82) is 0 Å². The highest BCUT2D eigenvalue weighted by atomic mass is 35.5. The van der Waals surface area contributed by atoms with Crippen molar-refractivity contribution >= 4 is 29.2 Å². The molecule has 0 unspecified atom stereocenters. The third-order valence-electron chi connectivity index (χ3n) is 2.14. The average Bonchev–Trinajstić information content (AvgIpc) is 2.30. The number of anilines is 1. The highest BCUT2D eigenvalue weighted by molar-refractivity contribution is 6.31. The second-order valence-corrected chi connectivity index (χ2v) is 4.03. The van der Waals surface area contributed by atoms with Crippen LogP contribution in [0, 0.1) is 5.82 Å². The maximum atomic E-state index is 12.9. The first-order valence-electron chi connectivity index (χ1n) is 5.11. The smallest absolute Gasteiger partial charge is 0.320 e. The summed E-state index contributed by atoms with van der Waals surface area (Å²) in [6.07, 6.45) is 0. The zero-order chi connectivity index (χ0) is 13.7. The second-order valence-electron chi connectivity index (χ2n) is 3.62. The lowest BCUT2D eigenvalue weighted by atomic mass is 10.3. The van der Waals surface area contributed by atoms with Crippen molar-refractivity contribution < 1.29 is 19.1 Å². The molecular formula is C11H12ClFN2O3. The van der Waals surface area contributed by atoms with Gasteiger partial charge in [0, 0.05) is 5.69 Å². The van der Waals surface area contributed by atoms with Crippen molar-refractivity contribution in [2.24, 2.45) is 0 Å². The zero-order valence-electron chi connectivity index (χ0n) is 9.54. The predicted molar refractivity (Wildman–Crippen MR) is 65.1 cm³/mol. The van der Waals surface area contributed by atoms with Gasteiger partial charge in [-0.2, -0.15) is 0 Å². The molecule has 1 aromatic rings. The molecule has 0 aromatic heterocycles. The number of nitrogens with one attached hydrogen (secondary N) is 2. The van der Waals surface area contributed by atoms with Crippen LogP contribution in [0.2, 0.25) is 5.02 Å². The second kappa shape index (κ2) is 6.32. The van der Waals surface area contributed by atoms with Crippen LogP contribution in [0.5, 0.6) is 0 Å². The van der Waals surface area contributed by atoms with Crippen LogP contribution in [0.3, 0.4) is 0 Å². The van der Waals surface area contributed by atoms with Gasteiger partial charge < -0.3 is 10.4 Å². The maximum absolute atomic E-state index is 12.9. The molecule has 0 aliphatic heterocycles. The molecule has 0 heterocycles. The normalized spacial score (nSPS) is 11.9. The summed E-state index contributed by atoms with van der Waals surface area (Å²) in [6.45, 7) is 1.26. The number of hydrogen-bond acceptors (Lipinski definition) is 3. The van der Waals surface area contributed by atoms with E-state index < -0.39 is 23.7 Å². The van der Waals surface area contributed by atoms with E-state index in [0.717, 1.165) is 6.07 Å². The van der Waals surface area contributed by atoms with E-state index in [1.807, 2.05) is 0 Å². The minimum atomic E-state index is -1.05. The fourth-order valence-electron chi connectivity index (χ4n) is 1.11. The average molecular weight is 275 g/mol. The molecule has 0 saturated heterocycles. The number of benzene rings is 1. The Hall–Kier alpha value is -1.66. The fraction of sp³-hybridized carbons (Fsp3) is 0.273. The van der Waals surface area contributed by atoms with Gasteiger partial charge in [0.1, 0.15) is 11.9 Å². The minimum Gasteiger partial charge on any atom is -0.480 e. The molecular weight excluding hydrogens is 263 g/mol. The number of rotatable bonds is 5. The monoisotopic (exact) mass is 274 g/mol. The van der Waals surface area contributed by atoms with Crippen LogP contribution >= 0.6 is 11.6 Å². The van der Waals surface area contributed by atoms with E-state index in [9.17, 15) is 14.0 Å². The van der Waals surface area contributed by atoms with E-state index in [4.69, 9.17) is 16.7 Å². The molecule has 0 bridgehead atoms. The number of halogens is 2. The number of carboxylic acid groups (broad SMARTS) is 1. The van der Waals surface area contributed by atoms with Crippen molar-refractivity contribution in [3.05, 3.63) is 29.0 Å². The van der Waals surface area contributed by atoms with Gasteiger partial charge in [-0.15, -0.1) is 0 Å². The number of amides is 1. The molecule has 0 saturated carbocycles. The van der Waals surface area contributed by atoms with Crippen LogP contribution < -0.4 is 10.6 Å². The van der Waals surface area contributed by atoms with Crippen LogP contribution in [0.4, 0.5) is 10.1 Å². The van der Waals surface area contributed by atoms with Crippen molar-refractivity contribution in [2.75, 3.05) is 11.9 Å². The number of hydrogen-bond donors (Lipinski definition) is 3. The summed E-state index contributed by atoms with van der Waals surface area (Å²) in [5.41, 5.74) is 0.344. The number of carboxylic acids is 1. The molecule has 0 fully saturated rings. The Bertz CT molecular complexity index is 468. The Morgan fingerprint density at radius 3 is 2.72 bits per heavy atom. The zero-order valence-corrected chi connectivity index (χ0v) is 10.3. The quantitative estimate of drug-likeness (QED) is 0.760. The first-order chi connectivity index (χ1) is 8.40. The third kappa shape index (κ3) is 4.31. The topological polar surface area (TPSA) is 78.4 Å². The summed E-state index contributed by atoms with van der Waals surface area (Å²) >= 11 is 5.55. The number of carbonyl (C=O) groups is 2. The standard InChI is InChI=1S/C11H12ClFN2O3/c1-6(11(17)18)14-5-10(16)15-7-2-3-9(13)8(12)4-7/h2-4,6,14H,5H2,1H3,(H,15,16)(H,17,18)/t6-/m0/s1. The summed E-state index contributed by atoms with van der Waals surface area (Å²) in [4.78, 5) is 21.9. The highest BCUT2D eigenvalue weighted by Crippen LogP contribution is 2.19. The third-order valence-corrected chi connectivity index (χ3v) is 2.43. The van der Waals surface area contributed by atoms with Crippen LogP contribution in [0.15, 0.2) is 18.2 Å². The molecule has 7 heteroatoms. The molecule has 18 heavy (non-hydrogen) atoms. The summed E-state index contributed by atoms with van der Waals surface area (Å²) in [5, 5.41) is 13.5. The van der Waals surface area contributed by atoms with Gasteiger partial charge in [-0.3, -0.25) is 14.9 Å². The van der Waals surface area contributed by atoms with Crippen LogP contribution in [-0.4, -0.2) is 29.6 Å². The lowest BCUT2D eigenvalue weighted by Gasteiger charge is -2.09. The van der Waals surface area contributed by atoms with Crippen LogP contribution in [0.1, 0.15) is 6.92 Å². The van der Waals surface area contributed by atoms with Crippen molar-refractivity contribution in [1.82, 2.24) is 5.32 Å². The van der Waals surface area contributed by atoms with Crippen LogP contribution in [-0.2, 0) is 9.59 Å². The number of carbonyl (C=O) groups excluding carboxylic acids is 1. The molecule has 1 rings (SSSR count). The largest absolute Gasteiger partial charge is 0.480 e. The van der Waals surface area contributed by atoms with Crippen molar-refractivity contribution in [2.45, 2.75) is 13.0 Å². The highest BCUT2D eigenvalue weighted by Gasteiger charge is 2.12. The van der Waals surface area contributed by atoms with Gasteiger partial charge in [-0.25, -0.2) is 4.39 Å². The van der Waals surface area contributed by atoms with Gasteiger partial charge in [0.2, 0.25) is 5.91 Å². The molecule has 3 N–H and O–H groups in total. The molecule has 1 amide bonds. The lowest BCUT2D eigenvalue weighted by Crippen LogP contribution is -2.39. The van der Waals surface area contributed by atoms with E-state index in [2.05, 4.69) is 10.6 Å². The number of aliphatic carboxylic acids is 1. The Morgan fingerprint density at radius 2 is 2.17 bits per heavy atom. The van der Waals surface area contributed by atoms with Gasteiger partial charge in [-0.05, 0) is 25.1 Å². The van der Waals surface area contributed by atoms with E-state index in [0.29, 0.717) is 5.69 Å². The lowest BCUT2D eigenvalue weighted by molar-refractivity contribution is -0.139. The molecule has 0 aliphatic carbocycles. The summed E-state index contributed by atoms with van der Waals surface area (Å²) in [6, 6.07) is 2.94. The molecule has 0 spiro atoms. The Kier molecular flexibility index (Phi) is 5.06. The summed E-state index contributed by atoms with van der Waals surface area (Å²) in [5.74, 6) is -2.06. The maximum Gasteiger partial charge on any atom is 0.320 e. The van der Waals surface area contributed by atoms with Gasteiger partial charge in [0.15, 0.2) is 0 Å². The van der Waals surface area contributed by atoms with Gasteiger partial charge in [0.05, 0.1) is 11.6 Å². The van der Waals surface area contributed by atoms with Crippen molar-refractivity contribution in [3.63, 3.8) is 0 Å². The minimum absolute atomic E-state index is 0.0975. The SMILES string of the molecule is C[C@H](NCC(=O)Nc1ccc(F)c(Cl)c1)C(=O)O. The Labute approximate surface area is 108 Å². The molecule has 1 atom stereocenters. The predicted octanol–water partition coefficient (Wildman–Crippen LogP) is 1.48. The molecule has 5 nitrogen and oxygen atoms in total. The van der Waals surface area contributed by atoms with Crippen LogP contribution in [0.25, 0.3) is 0 Å². The fourth-order valence-corrected chi connectivity index (χ4v) is 1.29. The summed E-state index contributed by atoms with van der Waals surface area (Å²) in [7, 11) is 0. The molecule has 0 radical (unpaired) electrons. The van der Waals surface area contributed by atoms with E-state index in [1.165, 1.54) is 19.1 Å². The summed E-state index contributed by atoms with van der Waals surface area (Å²) < 4.78 is 12.9. The molecule has 98 valence electrons. The first-order valence-corrected chi connectivity index (χ1v) is 5.49. The van der Waals surface area contributed by atoms with Gasteiger partial charge in [0.25, 0.3) is 0 Å². The molecule has 1 aromatic carbocycles. The van der Waals surface area contributed by atoms with Gasteiger partial charge >= 0.3 is 5.97 Å².